The molecule has 0 heterocycles. The molecule has 1 heteroatoms. The Morgan fingerprint density at radius 2 is 2.00 bits per heavy atom. The van der Waals surface area contributed by atoms with Crippen molar-refractivity contribution in [1.82, 2.24) is 5.32 Å². The van der Waals surface area contributed by atoms with Crippen molar-refractivity contribution in [3.05, 3.63) is 11.6 Å². The predicted octanol–water partition coefficient (Wildman–Crippen LogP) is 4.15. The normalized spacial score (nSPS) is 20.7. The maximum atomic E-state index is 3.75. The summed E-state index contributed by atoms with van der Waals surface area (Å²) in [5.41, 5.74) is 1.68. The Hall–Kier alpha value is -0.300. The summed E-state index contributed by atoms with van der Waals surface area (Å²) in [5.74, 6) is 1.51. The molecule has 1 rings (SSSR count). The van der Waals surface area contributed by atoms with Gasteiger partial charge >= 0.3 is 0 Å². The lowest BCUT2D eigenvalue weighted by Gasteiger charge is -2.32. The second-order valence-electron chi connectivity index (χ2n) is 5.56. The molecular weight excluding hydrogens is 194 g/mol. The summed E-state index contributed by atoms with van der Waals surface area (Å²) in [5, 5.41) is 3.75. The maximum Gasteiger partial charge on any atom is 0.0307 e. The zero-order chi connectivity index (χ0) is 12.0. The number of rotatable bonds is 6. The molecule has 2 atom stereocenters. The minimum atomic E-state index is 0.625. The molecule has 1 aliphatic carbocycles. The summed E-state index contributed by atoms with van der Waals surface area (Å²) in [6.07, 6.45) is 9.12. The van der Waals surface area contributed by atoms with Crippen LogP contribution in [0.1, 0.15) is 59.8 Å². The van der Waals surface area contributed by atoms with Crippen molar-refractivity contribution in [3.8, 4) is 0 Å². The van der Waals surface area contributed by atoms with E-state index in [1.54, 1.807) is 5.57 Å². The highest BCUT2D eigenvalue weighted by atomic mass is 14.9. The fraction of sp³-hybridized carbons (Fsp3) is 0.867. The average Bonchev–Trinajstić information content (AvgIpc) is 2.30. The molecule has 0 aromatic carbocycles. The molecule has 0 fully saturated rings. The van der Waals surface area contributed by atoms with E-state index in [1.807, 2.05) is 0 Å². The van der Waals surface area contributed by atoms with E-state index in [9.17, 15) is 0 Å². The van der Waals surface area contributed by atoms with Crippen molar-refractivity contribution in [2.45, 2.75) is 65.8 Å². The quantitative estimate of drug-likeness (QED) is 0.667. The van der Waals surface area contributed by atoms with Gasteiger partial charge in [0.15, 0.2) is 0 Å². The van der Waals surface area contributed by atoms with Gasteiger partial charge in [0.1, 0.15) is 0 Å². The molecule has 0 aliphatic heterocycles. The lowest BCUT2D eigenvalue weighted by molar-refractivity contribution is 0.320. The first-order chi connectivity index (χ1) is 7.66. The van der Waals surface area contributed by atoms with Crippen LogP contribution in [-0.2, 0) is 0 Å². The van der Waals surface area contributed by atoms with Gasteiger partial charge < -0.3 is 5.32 Å². The summed E-state index contributed by atoms with van der Waals surface area (Å²) < 4.78 is 0. The van der Waals surface area contributed by atoms with E-state index in [0.29, 0.717) is 6.04 Å². The second kappa shape index (κ2) is 7.11. The number of hydrogen-bond donors (Lipinski definition) is 1. The van der Waals surface area contributed by atoms with Crippen molar-refractivity contribution in [2.75, 3.05) is 6.54 Å². The summed E-state index contributed by atoms with van der Waals surface area (Å²) in [6.45, 7) is 10.5. The van der Waals surface area contributed by atoms with Crippen LogP contribution < -0.4 is 5.32 Å². The smallest absolute Gasteiger partial charge is 0.0307 e. The van der Waals surface area contributed by atoms with Crippen molar-refractivity contribution in [1.29, 1.82) is 0 Å². The van der Waals surface area contributed by atoms with Crippen molar-refractivity contribution < 1.29 is 0 Å². The van der Waals surface area contributed by atoms with Gasteiger partial charge in [0, 0.05) is 6.04 Å². The van der Waals surface area contributed by atoms with Crippen LogP contribution in [0.25, 0.3) is 0 Å². The van der Waals surface area contributed by atoms with Crippen LogP contribution in [0.2, 0.25) is 0 Å². The van der Waals surface area contributed by atoms with Crippen molar-refractivity contribution in [3.63, 3.8) is 0 Å². The van der Waals surface area contributed by atoms with Gasteiger partial charge in [0.25, 0.3) is 0 Å². The molecule has 1 N–H and O–H groups in total. The standard InChI is InChI=1S/C15H29N/c1-5-11-16-15(13(4)12(2)3)14-9-7-6-8-10-14/h9,12-13,15-16H,5-8,10-11H2,1-4H3. The van der Waals surface area contributed by atoms with Crippen molar-refractivity contribution >= 4 is 0 Å². The number of nitrogens with one attached hydrogen (secondary N) is 1. The summed E-state index contributed by atoms with van der Waals surface area (Å²) in [4.78, 5) is 0. The van der Waals surface area contributed by atoms with Crippen LogP contribution in [0.15, 0.2) is 11.6 Å². The third-order valence-corrected chi connectivity index (χ3v) is 3.92. The molecule has 94 valence electrons. The van der Waals surface area contributed by atoms with E-state index in [2.05, 4.69) is 39.1 Å². The SMILES string of the molecule is CCCNC(C1=CCCCC1)C(C)C(C)C. The Balaban J connectivity index is 2.65. The maximum absolute atomic E-state index is 3.75. The van der Waals surface area contributed by atoms with Crippen LogP contribution >= 0.6 is 0 Å². The van der Waals surface area contributed by atoms with Gasteiger partial charge in [-0.2, -0.15) is 0 Å². The zero-order valence-electron chi connectivity index (χ0n) is 11.6. The Bertz CT molecular complexity index is 217. The minimum Gasteiger partial charge on any atom is -0.310 e. The molecule has 0 bridgehead atoms. The minimum absolute atomic E-state index is 0.625. The topological polar surface area (TPSA) is 12.0 Å². The summed E-state index contributed by atoms with van der Waals surface area (Å²) in [6, 6.07) is 0.625. The fourth-order valence-corrected chi connectivity index (χ4v) is 2.48. The Labute approximate surface area is 102 Å². The van der Waals surface area contributed by atoms with Gasteiger partial charge in [-0.05, 0) is 50.5 Å². The fourth-order valence-electron chi connectivity index (χ4n) is 2.48. The van der Waals surface area contributed by atoms with Gasteiger partial charge in [-0.15, -0.1) is 0 Å². The molecule has 0 aromatic rings. The first-order valence-electron chi connectivity index (χ1n) is 7.09. The summed E-state index contributed by atoms with van der Waals surface area (Å²) in [7, 11) is 0. The van der Waals surface area contributed by atoms with E-state index in [-0.39, 0.29) is 0 Å². The Kier molecular flexibility index (Phi) is 6.12. The number of hydrogen-bond acceptors (Lipinski definition) is 1. The van der Waals surface area contributed by atoms with Crippen LogP contribution in [0, 0.1) is 11.8 Å². The van der Waals surface area contributed by atoms with Gasteiger partial charge in [-0.1, -0.05) is 39.3 Å². The first kappa shape index (κ1) is 13.8. The van der Waals surface area contributed by atoms with E-state index in [0.717, 1.165) is 18.4 Å². The molecule has 0 radical (unpaired) electrons. The van der Waals surface area contributed by atoms with Crippen LogP contribution in [0.3, 0.4) is 0 Å². The highest BCUT2D eigenvalue weighted by Crippen LogP contribution is 2.27. The van der Waals surface area contributed by atoms with E-state index in [1.165, 1.54) is 32.1 Å². The van der Waals surface area contributed by atoms with Crippen LogP contribution in [0.4, 0.5) is 0 Å². The lowest BCUT2D eigenvalue weighted by atomic mass is 9.82. The van der Waals surface area contributed by atoms with Crippen molar-refractivity contribution in [2.24, 2.45) is 11.8 Å². The van der Waals surface area contributed by atoms with E-state index in [4.69, 9.17) is 0 Å². The van der Waals surface area contributed by atoms with E-state index >= 15 is 0 Å². The average molecular weight is 223 g/mol. The van der Waals surface area contributed by atoms with Crippen LogP contribution in [-0.4, -0.2) is 12.6 Å². The molecule has 0 saturated heterocycles. The lowest BCUT2D eigenvalue weighted by Crippen LogP contribution is -2.39. The largest absolute Gasteiger partial charge is 0.310 e. The highest BCUT2D eigenvalue weighted by Gasteiger charge is 2.23. The highest BCUT2D eigenvalue weighted by molar-refractivity contribution is 5.14. The van der Waals surface area contributed by atoms with Gasteiger partial charge in [0.05, 0.1) is 0 Å². The zero-order valence-corrected chi connectivity index (χ0v) is 11.6. The third-order valence-electron chi connectivity index (χ3n) is 3.92. The first-order valence-corrected chi connectivity index (χ1v) is 7.09. The van der Waals surface area contributed by atoms with Gasteiger partial charge in [-0.25, -0.2) is 0 Å². The molecule has 2 unspecified atom stereocenters. The van der Waals surface area contributed by atoms with Crippen LogP contribution in [0.5, 0.6) is 0 Å². The van der Waals surface area contributed by atoms with Gasteiger partial charge in [0.2, 0.25) is 0 Å². The Morgan fingerprint density at radius 1 is 1.25 bits per heavy atom. The molecule has 0 aromatic heterocycles. The molecule has 0 amide bonds. The predicted molar refractivity (Wildman–Crippen MR) is 72.6 cm³/mol. The molecule has 16 heavy (non-hydrogen) atoms. The monoisotopic (exact) mass is 223 g/mol. The molecule has 0 saturated carbocycles. The molecule has 1 nitrogen and oxygen atoms in total. The molecule has 0 spiro atoms. The van der Waals surface area contributed by atoms with Gasteiger partial charge in [-0.3, -0.25) is 0 Å². The Morgan fingerprint density at radius 3 is 2.50 bits per heavy atom. The number of allylic oxidation sites excluding steroid dienone is 1. The van der Waals surface area contributed by atoms with E-state index < -0.39 is 0 Å². The summed E-state index contributed by atoms with van der Waals surface area (Å²) >= 11 is 0. The third kappa shape index (κ3) is 3.93. The molecule has 1 aliphatic rings. The molecular formula is C15H29N. The second-order valence-corrected chi connectivity index (χ2v) is 5.56.